The molecule has 0 amide bonds. The molecular formula is C38H54O6. The maximum absolute atomic E-state index is 12.8. The van der Waals surface area contributed by atoms with Crippen molar-refractivity contribution in [2.75, 3.05) is 6.61 Å². The highest BCUT2D eigenvalue weighted by Gasteiger charge is 2.70. The van der Waals surface area contributed by atoms with Gasteiger partial charge in [-0.05, 0) is 121 Å². The van der Waals surface area contributed by atoms with Gasteiger partial charge in [-0.25, -0.2) is 4.79 Å². The second kappa shape index (κ2) is 10.4. The molecule has 242 valence electrons. The molecule has 1 spiro atoms. The smallest absolute Gasteiger partial charge is 0.330 e. The van der Waals surface area contributed by atoms with Crippen molar-refractivity contribution >= 4 is 12.0 Å². The fourth-order valence-corrected chi connectivity index (χ4v) is 11.7. The summed E-state index contributed by atoms with van der Waals surface area (Å²) in [5, 5.41) is 44.4. The van der Waals surface area contributed by atoms with E-state index in [0.29, 0.717) is 6.42 Å². The van der Waals surface area contributed by atoms with E-state index in [-0.39, 0.29) is 51.3 Å². The number of aliphatic hydroxyl groups is 3. The van der Waals surface area contributed by atoms with Gasteiger partial charge >= 0.3 is 5.97 Å². The molecule has 5 aliphatic rings. The van der Waals surface area contributed by atoms with Crippen molar-refractivity contribution in [1.82, 2.24) is 0 Å². The van der Waals surface area contributed by atoms with Crippen molar-refractivity contribution in [3.05, 3.63) is 47.6 Å². The maximum atomic E-state index is 12.8. The number of rotatable bonds is 4. The molecule has 0 bridgehead atoms. The third kappa shape index (κ3) is 4.64. The van der Waals surface area contributed by atoms with E-state index in [1.165, 1.54) is 18.1 Å². The summed E-state index contributed by atoms with van der Waals surface area (Å²) in [7, 11) is 0. The average Bonchev–Trinajstić information content (AvgIpc) is 3.28. The largest absolute Gasteiger partial charge is 0.508 e. The van der Waals surface area contributed by atoms with E-state index in [9.17, 15) is 25.2 Å². The molecule has 0 aromatic heterocycles. The minimum Gasteiger partial charge on any atom is -0.508 e. The molecule has 6 heteroatoms. The molecule has 1 aromatic rings. The molecule has 0 aliphatic heterocycles. The van der Waals surface area contributed by atoms with E-state index in [0.717, 1.165) is 50.5 Å². The van der Waals surface area contributed by atoms with Gasteiger partial charge in [0.2, 0.25) is 0 Å². The van der Waals surface area contributed by atoms with E-state index in [4.69, 9.17) is 4.74 Å². The summed E-state index contributed by atoms with van der Waals surface area (Å²) in [6.45, 7) is 13.9. The number of allylic oxidation sites excluding steroid dienone is 1. The van der Waals surface area contributed by atoms with Gasteiger partial charge in [-0.15, -0.1) is 0 Å². The van der Waals surface area contributed by atoms with Gasteiger partial charge in [-0.2, -0.15) is 0 Å². The van der Waals surface area contributed by atoms with Crippen LogP contribution in [0, 0.1) is 44.3 Å². The van der Waals surface area contributed by atoms with Crippen LogP contribution < -0.4 is 0 Å². The Morgan fingerprint density at radius 3 is 2.27 bits per heavy atom. The Kier molecular flexibility index (Phi) is 7.54. The number of fused-ring (bicyclic) bond motifs is 5. The van der Waals surface area contributed by atoms with Crippen LogP contribution in [0.1, 0.15) is 105 Å². The lowest BCUT2D eigenvalue weighted by atomic mass is 9.34. The average molecular weight is 607 g/mol. The molecule has 44 heavy (non-hydrogen) atoms. The van der Waals surface area contributed by atoms with Crippen LogP contribution in [0.15, 0.2) is 42.0 Å². The zero-order valence-corrected chi connectivity index (χ0v) is 27.6. The minimum absolute atomic E-state index is 0.0105. The van der Waals surface area contributed by atoms with Crippen LogP contribution in [-0.4, -0.2) is 51.3 Å². The summed E-state index contributed by atoms with van der Waals surface area (Å²) < 4.78 is 5.80. The molecule has 0 radical (unpaired) electrons. The Morgan fingerprint density at radius 2 is 1.61 bits per heavy atom. The monoisotopic (exact) mass is 606 g/mol. The molecule has 5 aliphatic carbocycles. The van der Waals surface area contributed by atoms with Gasteiger partial charge < -0.3 is 25.2 Å². The van der Waals surface area contributed by atoms with E-state index in [1.807, 2.05) is 6.92 Å². The number of aliphatic hydroxyl groups excluding tert-OH is 3. The molecule has 6 nitrogen and oxygen atoms in total. The van der Waals surface area contributed by atoms with E-state index >= 15 is 0 Å². The van der Waals surface area contributed by atoms with Gasteiger partial charge in [-0.3, -0.25) is 0 Å². The fourth-order valence-electron chi connectivity index (χ4n) is 11.7. The third-order valence-electron chi connectivity index (χ3n) is 14.2. The van der Waals surface area contributed by atoms with Crippen LogP contribution in [0.3, 0.4) is 0 Å². The number of hydrogen-bond acceptors (Lipinski definition) is 6. The first-order valence-electron chi connectivity index (χ1n) is 16.9. The maximum Gasteiger partial charge on any atom is 0.330 e. The summed E-state index contributed by atoms with van der Waals surface area (Å²) in [6, 6.07) is 6.57. The van der Waals surface area contributed by atoms with Crippen LogP contribution >= 0.6 is 0 Å². The molecule has 0 heterocycles. The van der Waals surface area contributed by atoms with Crippen LogP contribution in [-0.2, 0) is 9.53 Å². The number of benzene rings is 1. The van der Waals surface area contributed by atoms with Crippen LogP contribution in [0.25, 0.3) is 6.08 Å². The number of carbonyl (C=O) groups excluding carboxylic acids is 1. The van der Waals surface area contributed by atoms with Crippen molar-refractivity contribution in [2.24, 2.45) is 44.3 Å². The molecular weight excluding hydrogens is 552 g/mol. The topological polar surface area (TPSA) is 107 Å². The number of esters is 1. The highest BCUT2D eigenvalue weighted by Crippen LogP contribution is 2.74. The molecule has 4 fully saturated rings. The first kappa shape index (κ1) is 31.8. The Hall–Kier alpha value is -2.15. The third-order valence-corrected chi connectivity index (χ3v) is 14.2. The lowest BCUT2D eigenvalue weighted by Crippen LogP contribution is -2.68. The molecule has 4 saturated carbocycles. The SMILES string of the molecule is CC1(C)CC[C@@]2(CC[C@]3(C)C(=CC[C@@H]4[C@@]5(C)C[C@@H](O)[C@H](O)[C@@](C)(COC(=O)C=Cc6ccc(O)cc6)[C@@H]5CC[C@]43C)[C@H]2O)C1. The first-order valence-corrected chi connectivity index (χ1v) is 16.9. The lowest BCUT2D eigenvalue weighted by Gasteiger charge is -2.70. The van der Waals surface area contributed by atoms with Crippen LogP contribution in [0.2, 0.25) is 0 Å². The van der Waals surface area contributed by atoms with Gasteiger partial charge in [0.1, 0.15) is 5.75 Å². The predicted molar refractivity (Wildman–Crippen MR) is 171 cm³/mol. The summed E-state index contributed by atoms with van der Waals surface area (Å²) in [6.07, 6.45) is 11.8. The Balaban J connectivity index is 1.26. The molecule has 4 N–H and O–H groups in total. The molecule has 10 atom stereocenters. The summed E-state index contributed by atoms with van der Waals surface area (Å²) in [5.41, 5.74) is 1.05. The van der Waals surface area contributed by atoms with Gasteiger partial charge in [-0.1, -0.05) is 59.8 Å². The Morgan fingerprint density at radius 1 is 0.932 bits per heavy atom. The van der Waals surface area contributed by atoms with E-state index in [1.54, 1.807) is 30.3 Å². The zero-order valence-electron chi connectivity index (χ0n) is 27.6. The Labute approximate surface area is 263 Å². The van der Waals surface area contributed by atoms with Crippen molar-refractivity contribution in [3.8, 4) is 5.75 Å². The van der Waals surface area contributed by atoms with Gasteiger partial charge in [0.25, 0.3) is 0 Å². The van der Waals surface area contributed by atoms with Gasteiger partial charge in [0.05, 0.1) is 24.9 Å². The Bertz CT molecular complexity index is 1350. The van der Waals surface area contributed by atoms with Crippen LogP contribution in [0.4, 0.5) is 0 Å². The number of phenolic OH excluding ortho intramolecular Hbond substituents is 1. The highest BCUT2D eigenvalue weighted by molar-refractivity contribution is 5.87. The summed E-state index contributed by atoms with van der Waals surface area (Å²) >= 11 is 0. The minimum atomic E-state index is -0.994. The second-order valence-corrected chi connectivity index (χ2v) is 17.2. The number of aromatic hydroxyl groups is 1. The van der Waals surface area contributed by atoms with Crippen molar-refractivity contribution in [1.29, 1.82) is 0 Å². The van der Waals surface area contributed by atoms with Crippen LogP contribution in [0.5, 0.6) is 5.75 Å². The van der Waals surface area contributed by atoms with E-state index < -0.39 is 29.7 Å². The van der Waals surface area contributed by atoms with Crippen molar-refractivity contribution in [2.45, 2.75) is 118 Å². The highest BCUT2D eigenvalue weighted by atomic mass is 16.5. The van der Waals surface area contributed by atoms with Crippen molar-refractivity contribution in [3.63, 3.8) is 0 Å². The molecule has 0 unspecified atom stereocenters. The number of ether oxygens (including phenoxy) is 1. The predicted octanol–water partition coefficient (Wildman–Crippen LogP) is 6.81. The van der Waals surface area contributed by atoms with Crippen molar-refractivity contribution < 1.29 is 30.0 Å². The van der Waals surface area contributed by atoms with E-state index in [2.05, 4.69) is 40.7 Å². The summed E-state index contributed by atoms with van der Waals surface area (Å²) in [4.78, 5) is 12.8. The quantitative estimate of drug-likeness (QED) is 0.171. The second-order valence-electron chi connectivity index (χ2n) is 17.2. The summed E-state index contributed by atoms with van der Waals surface area (Å²) in [5.74, 6) is 0.00541. The molecule has 6 rings (SSSR count). The van der Waals surface area contributed by atoms with Gasteiger partial charge in [0.15, 0.2) is 0 Å². The molecule has 1 aromatic carbocycles. The number of hydrogen-bond donors (Lipinski definition) is 4. The normalized spacial score (nSPS) is 46.2. The fraction of sp³-hybridized carbons (Fsp3) is 0.711. The lowest BCUT2D eigenvalue weighted by molar-refractivity contribution is -0.245. The van der Waals surface area contributed by atoms with Gasteiger partial charge in [0, 0.05) is 16.9 Å². The standard InChI is InChI=1S/C38H54O6/c1-33(2)17-19-38(22-33)20-18-36(5)26(31(38)42)12-13-29-34(3)21-27(40)32(43)35(4,28(34)15-16-37(29,36)6)23-44-30(41)14-9-24-7-10-25(39)11-8-24/h7-12,14,27-29,31-32,39-40,42-43H,13,15-23H2,1-6H3/t27-,28-,29-,31-,32+,34+,35+,36-,37-,38-/m1/s1. The zero-order chi connectivity index (χ0) is 31.9. The first-order chi connectivity index (χ1) is 20.5. The number of carbonyl (C=O) groups is 1. The number of phenols is 1. The molecule has 0 saturated heterocycles.